The van der Waals surface area contributed by atoms with Gasteiger partial charge < -0.3 is 19.2 Å². The second-order valence-electron chi connectivity index (χ2n) is 7.68. The quantitative estimate of drug-likeness (QED) is 0.260. The van der Waals surface area contributed by atoms with E-state index >= 15 is 0 Å². The second kappa shape index (κ2) is 10.1. The maximum atomic E-state index is 12.7. The van der Waals surface area contributed by atoms with Crippen molar-refractivity contribution in [2.24, 2.45) is 0 Å². The third-order valence-electron chi connectivity index (χ3n) is 5.42. The van der Waals surface area contributed by atoms with Gasteiger partial charge >= 0.3 is 5.97 Å². The fourth-order valence-corrected chi connectivity index (χ4v) is 3.73. The van der Waals surface area contributed by atoms with Crippen LogP contribution in [0.3, 0.4) is 0 Å². The lowest BCUT2D eigenvalue weighted by Gasteiger charge is -2.10. The molecule has 1 N–H and O–H groups in total. The third kappa shape index (κ3) is 4.86. The van der Waals surface area contributed by atoms with E-state index in [9.17, 15) is 9.59 Å². The van der Waals surface area contributed by atoms with Gasteiger partial charge in [-0.3, -0.25) is 4.79 Å². The lowest BCUT2D eigenvalue weighted by Crippen LogP contribution is -2.09. The van der Waals surface area contributed by atoms with Crippen LogP contribution in [0.4, 0.5) is 5.69 Å². The maximum absolute atomic E-state index is 12.7. The predicted molar refractivity (Wildman–Crippen MR) is 133 cm³/mol. The van der Waals surface area contributed by atoms with Crippen molar-refractivity contribution in [1.82, 2.24) is 0 Å². The van der Waals surface area contributed by atoms with Crippen molar-refractivity contribution in [3.05, 3.63) is 90.2 Å². The van der Waals surface area contributed by atoms with Gasteiger partial charge in [-0.25, -0.2) is 4.79 Å². The van der Waals surface area contributed by atoms with Crippen LogP contribution in [-0.2, 0) is 9.53 Å². The van der Waals surface area contributed by atoms with Gasteiger partial charge in [0.1, 0.15) is 11.3 Å². The van der Waals surface area contributed by atoms with Crippen molar-refractivity contribution in [2.75, 3.05) is 19.0 Å². The van der Waals surface area contributed by atoms with Gasteiger partial charge in [0.25, 0.3) is 0 Å². The lowest BCUT2D eigenvalue weighted by atomic mass is 9.99. The highest BCUT2D eigenvalue weighted by atomic mass is 16.5. The maximum Gasteiger partial charge on any atom is 0.338 e. The molecule has 34 heavy (non-hydrogen) atoms. The van der Waals surface area contributed by atoms with Crippen molar-refractivity contribution in [1.29, 1.82) is 0 Å². The Morgan fingerprint density at radius 2 is 1.76 bits per heavy atom. The summed E-state index contributed by atoms with van der Waals surface area (Å²) in [5.41, 5.74) is 5.26. The second-order valence-corrected chi connectivity index (χ2v) is 7.68. The zero-order valence-electron chi connectivity index (χ0n) is 19.3. The van der Waals surface area contributed by atoms with E-state index in [0.717, 1.165) is 27.6 Å². The van der Waals surface area contributed by atoms with Gasteiger partial charge in [-0.1, -0.05) is 30.3 Å². The predicted octanol–water partition coefficient (Wildman–Crippen LogP) is 6.33. The first kappa shape index (κ1) is 22.9. The van der Waals surface area contributed by atoms with Crippen molar-refractivity contribution in [3.63, 3.8) is 0 Å². The number of esters is 1. The molecule has 0 aliphatic rings. The van der Waals surface area contributed by atoms with Gasteiger partial charge in [0.2, 0.25) is 5.91 Å². The highest BCUT2D eigenvalue weighted by molar-refractivity contribution is 6.05. The number of carbonyl (C=O) groups excluding carboxylic acids is 2. The van der Waals surface area contributed by atoms with Crippen LogP contribution in [0.25, 0.3) is 27.7 Å². The number of fused-ring (bicyclic) bond motifs is 1. The third-order valence-corrected chi connectivity index (χ3v) is 5.42. The van der Waals surface area contributed by atoms with Crippen molar-refractivity contribution in [2.45, 2.75) is 13.8 Å². The van der Waals surface area contributed by atoms with Crippen LogP contribution >= 0.6 is 0 Å². The average Bonchev–Trinajstić information content (AvgIpc) is 3.27. The normalized spacial score (nSPS) is 11.3. The molecule has 3 aromatic carbocycles. The number of hydrogen-bond acceptors (Lipinski definition) is 5. The Morgan fingerprint density at radius 1 is 1.03 bits per heavy atom. The summed E-state index contributed by atoms with van der Waals surface area (Å²) in [6, 6.07) is 20.4. The molecule has 0 fully saturated rings. The Hall–Kier alpha value is -4.32. The fourth-order valence-electron chi connectivity index (χ4n) is 3.73. The Morgan fingerprint density at radius 3 is 2.44 bits per heavy atom. The molecule has 6 nitrogen and oxygen atoms in total. The molecular formula is C28H25NO5. The molecule has 0 aliphatic heterocycles. The van der Waals surface area contributed by atoms with Crippen LogP contribution in [0.2, 0.25) is 0 Å². The molecular weight excluding hydrogens is 430 g/mol. The molecule has 0 radical (unpaired) electrons. The minimum absolute atomic E-state index is 0.293. The van der Waals surface area contributed by atoms with Gasteiger partial charge in [-0.15, -0.1) is 0 Å². The SMILES string of the molecule is CCOC(=O)c1ccc(NC(=O)/C=C(\C)c2cc3c(-c4ccccc4)coc3cc2OC)cc1. The molecule has 1 aromatic heterocycles. The number of allylic oxidation sites excluding steroid dienone is 1. The topological polar surface area (TPSA) is 77.8 Å². The largest absolute Gasteiger partial charge is 0.496 e. The Balaban J connectivity index is 1.59. The molecule has 4 rings (SSSR count). The first-order valence-electron chi connectivity index (χ1n) is 10.9. The molecule has 0 saturated carbocycles. The molecule has 0 saturated heterocycles. The van der Waals surface area contributed by atoms with E-state index in [4.69, 9.17) is 13.9 Å². The number of furan rings is 1. The highest BCUT2D eigenvalue weighted by Crippen LogP contribution is 2.37. The number of ether oxygens (including phenoxy) is 2. The molecule has 0 atom stereocenters. The van der Waals surface area contributed by atoms with Gasteiger partial charge in [0.05, 0.1) is 25.5 Å². The number of amides is 1. The summed E-state index contributed by atoms with van der Waals surface area (Å²) in [5.74, 6) is -0.0754. The molecule has 0 unspecified atom stereocenters. The summed E-state index contributed by atoms with van der Waals surface area (Å²) in [7, 11) is 1.59. The number of methoxy groups -OCH3 is 1. The number of nitrogens with one attached hydrogen (secondary N) is 1. The van der Waals surface area contributed by atoms with E-state index in [0.29, 0.717) is 29.2 Å². The van der Waals surface area contributed by atoms with E-state index in [-0.39, 0.29) is 5.91 Å². The fraction of sp³-hybridized carbons (Fsp3) is 0.143. The van der Waals surface area contributed by atoms with Crippen molar-refractivity contribution in [3.8, 4) is 16.9 Å². The van der Waals surface area contributed by atoms with Crippen LogP contribution in [0.1, 0.15) is 29.8 Å². The average molecular weight is 456 g/mol. The summed E-state index contributed by atoms with van der Waals surface area (Å²) >= 11 is 0. The van der Waals surface area contributed by atoms with Crippen LogP contribution in [0.5, 0.6) is 5.75 Å². The summed E-state index contributed by atoms with van der Waals surface area (Å²) in [4.78, 5) is 24.5. The molecule has 0 aliphatic carbocycles. The Kier molecular flexibility index (Phi) is 6.78. The standard InChI is InChI=1S/C28H25NO5/c1-4-33-28(31)20-10-12-21(13-11-20)29-27(30)14-18(2)22-15-23-24(19-8-6-5-7-9-19)17-34-26(23)16-25(22)32-3/h5-17H,4H2,1-3H3,(H,29,30)/b18-14+. The van der Waals surface area contributed by atoms with E-state index in [1.54, 1.807) is 44.6 Å². The molecule has 1 heterocycles. The van der Waals surface area contributed by atoms with Gasteiger partial charge in [0, 0.05) is 34.3 Å². The highest BCUT2D eigenvalue weighted by Gasteiger charge is 2.15. The molecule has 172 valence electrons. The molecule has 6 heteroatoms. The minimum atomic E-state index is -0.396. The molecule has 0 bridgehead atoms. The Labute approximate surface area is 197 Å². The summed E-state index contributed by atoms with van der Waals surface area (Å²) in [6.07, 6.45) is 3.25. The van der Waals surface area contributed by atoms with Crippen LogP contribution in [0, 0.1) is 0 Å². The van der Waals surface area contributed by atoms with E-state index < -0.39 is 5.97 Å². The summed E-state index contributed by atoms with van der Waals surface area (Å²) < 4.78 is 16.3. The number of hydrogen-bond donors (Lipinski definition) is 1. The number of benzene rings is 3. The van der Waals surface area contributed by atoms with E-state index in [1.807, 2.05) is 49.4 Å². The van der Waals surface area contributed by atoms with Gasteiger partial charge in [0.15, 0.2) is 0 Å². The number of anilines is 1. The molecule has 1 amide bonds. The molecule has 0 spiro atoms. The summed E-state index contributed by atoms with van der Waals surface area (Å²) in [6.45, 7) is 3.92. The summed E-state index contributed by atoms with van der Waals surface area (Å²) in [5, 5.41) is 3.76. The zero-order valence-corrected chi connectivity index (χ0v) is 19.3. The molecule has 4 aromatic rings. The van der Waals surface area contributed by atoms with E-state index in [2.05, 4.69) is 5.32 Å². The monoisotopic (exact) mass is 455 g/mol. The Bertz CT molecular complexity index is 1350. The first-order valence-corrected chi connectivity index (χ1v) is 10.9. The first-order chi connectivity index (χ1) is 16.5. The smallest absolute Gasteiger partial charge is 0.338 e. The van der Waals surface area contributed by atoms with Crippen molar-refractivity contribution < 1.29 is 23.5 Å². The van der Waals surface area contributed by atoms with Crippen LogP contribution in [0.15, 0.2) is 83.5 Å². The zero-order chi connectivity index (χ0) is 24.1. The van der Waals surface area contributed by atoms with Crippen LogP contribution in [-0.4, -0.2) is 25.6 Å². The van der Waals surface area contributed by atoms with Gasteiger partial charge in [-0.2, -0.15) is 0 Å². The number of carbonyl (C=O) groups is 2. The minimum Gasteiger partial charge on any atom is -0.496 e. The lowest BCUT2D eigenvalue weighted by molar-refractivity contribution is -0.111. The van der Waals surface area contributed by atoms with Crippen LogP contribution < -0.4 is 10.1 Å². The van der Waals surface area contributed by atoms with E-state index in [1.165, 1.54) is 6.08 Å². The van der Waals surface area contributed by atoms with Gasteiger partial charge in [-0.05, 0) is 55.3 Å². The number of rotatable bonds is 7. The van der Waals surface area contributed by atoms with Crippen molar-refractivity contribution >= 4 is 34.1 Å².